The Bertz CT molecular complexity index is 373. The highest BCUT2D eigenvalue weighted by molar-refractivity contribution is 7.14. The topological polar surface area (TPSA) is 55.8 Å². The molecule has 0 unspecified atom stereocenters. The maximum Gasteiger partial charge on any atom is 0.349 e. The summed E-state index contributed by atoms with van der Waals surface area (Å²) < 4.78 is 10.5. The molecule has 0 aliphatic heterocycles. The number of rotatable bonds is 9. The standard InChI is InChI=1S/C13H20O4S/c1-3-6-10-9-11(12(18-10)13(14)15)17-8-5-4-7-16-2/h9H,3-8H2,1-2H3,(H,14,15). The molecule has 0 amide bonds. The van der Waals surface area contributed by atoms with Crippen LogP contribution in [0.3, 0.4) is 0 Å². The van der Waals surface area contributed by atoms with Crippen LogP contribution >= 0.6 is 11.3 Å². The Morgan fingerprint density at radius 1 is 1.39 bits per heavy atom. The fourth-order valence-corrected chi connectivity index (χ4v) is 2.62. The van der Waals surface area contributed by atoms with E-state index in [1.807, 2.05) is 6.07 Å². The minimum Gasteiger partial charge on any atom is -0.492 e. The number of carboxylic acid groups (broad SMARTS) is 1. The fraction of sp³-hybridized carbons (Fsp3) is 0.615. The first-order valence-corrected chi connectivity index (χ1v) is 6.98. The van der Waals surface area contributed by atoms with E-state index in [1.165, 1.54) is 11.3 Å². The molecule has 1 rings (SSSR count). The van der Waals surface area contributed by atoms with Gasteiger partial charge in [0.25, 0.3) is 0 Å². The second kappa shape index (κ2) is 8.11. The normalized spacial score (nSPS) is 10.6. The molecule has 0 saturated carbocycles. The Labute approximate surface area is 112 Å². The summed E-state index contributed by atoms with van der Waals surface area (Å²) in [5.74, 6) is -0.400. The lowest BCUT2D eigenvalue weighted by atomic mass is 10.3. The van der Waals surface area contributed by atoms with Crippen molar-refractivity contribution >= 4 is 17.3 Å². The molecule has 0 aliphatic carbocycles. The van der Waals surface area contributed by atoms with Gasteiger partial charge in [0.05, 0.1) is 6.61 Å². The first-order chi connectivity index (χ1) is 8.69. The number of hydrogen-bond acceptors (Lipinski definition) is 4. The Balaban J connectivity index is 2.54. The minimum absolute atomic E-state index is 0.310. The van der Waals surface area contributed by atoms with E-state index >= 15 is 0 Å². The molecule has 0 aliphatic rings. The van der Waals surface area contributed by atoms with Crippen LogP contribution in [0.4, 0.5) is 0 Å². The predicted molar refractivity (Wildman–Crippen MR) is 71.9 cm³/mol. The number of hydrogen-bond donors (Lipinski definition) is 1. The molecular weight excluding hydrogens is 252 g/mol. The van der Waals surface area contributed by atoms with E-state index in [-0.39, 0.29) is 0 Å². The third-order valence-corrected chi connectivity index (χ3v) is 3.60. The van der Waals surface area contributed by atoms with Crippen LogP contribution in [-0.4, -0.2) is 31.4 Å². The van der Waals surface area contributed by atoms with Crippen LogP contribution in [0.5, 0.6) is 5.75 Å². The summed E-state index contributed by atoms with van der Waals surface area (Å²) in [6, 6.07) is 1.86. The Morgan fingerprint density at radius 2 is 2.11 bits per heavy atom. The van der Waals surface area contributed by atoms with E-state index in [0.717, 1.165) is 30.6 Å². The lowest BCUT2D eigenvalue weighted by molar-refractivity contribution is 0.0698. The molecule has 0 bridgehead atoms. The first-order valence-electron chi connectivity index (χ1n) is 6.16. The van der Waals surface area contributed by atoms with Gasteiger partial charge in [-0.1, -0.05) is 13.3 Å². The molecule has 0 spiro atoms. The quantitative estimate of drug-likeness (QED) is 0.701. The number of aromatic carboxylic acids is 1. The number of carboxylic acids is 1. The van der Waals surface area contributed by atoms with E-state index in [4.69, 9.17) is 14.6 Å². The van der Waals surface area contributed by atoms with Crippen LogP contribution in [0.15, 0.2) is 6.07 Å². The molecular formula is C13H20O4S. The van der Waals surface area contributed by atoms with E-state index in [1.54, 1.807) is 7.11 Å². The van der Waals surface area contributed by atoms with Gasteiger partial charge in [-0.2, -0.15) is 0 Å². The van der Waals surface area contributed by atoms with Crippen molar-refractivity contribution in [3.05, 3.63) is 15.8 Å². The summed E-state index contributed by atoms with van der Waals surface area (Å²) in [5.41, 5.74) is 0. The highest BCUT2D eigenvalue weighted by Crippen LogP contribution is 2.30. The second-order valence-corrected chi connectivity index (χ2v) is 5.15. The van der Waals surface area contributed by atoms with Crippen molar-refractivity contribution in [2.24, 2.45) is 0 Å². The van der Waals surface area contributed by atoms with Gasteiger partial charge in [0.1, 0.15) is 5.75 Å². The summed E-state index contributed by atoms with van der Waals surface area (Å²) in [7, 11) is 1.67. The Hall–Kier alpha value is -1.07. The van der Waals surface area contributed by atoms with E-state index in [2.05, 4.69) is 6.92 Å². The fourth-order valence-electron chi connectivity index (χ4n) is 1.58. The molecule has 1 aromatic heterocycles. The number of aryl methyl sites for hydroxylation is 1. The predicted octanol–water partition coefficient (Wildman–Crippen LogP) is 3.20. The number of ether oxygens (including phenoxy) is 2. The van der Waals surface area contributed by atoms with Crippen molar-refractivity contribution in [2.75, 3.05) is 20.3 Å². The molecule has 0 aromatic carbocycles. The highest BCUT2D eigenvalue weighted by atomic mass is 32.1. The molecule has 0 radical (unpaired) electrons. The van der Waals surface area contributed by atoms with Gasteiger partial charge >= 0.3 is 5.97 Å². The first kappa shape index (κ1) is 15.0. The number of thiophene rings is 1. The van der Waals surface area contributed by atoms with Crippen LogP contribution in [0, 0.1) is 0 Å². The minimum atomic E-state index is -0.908. The number of methoxy groups -OCH3 is 1. The molecule has 5 heteroatoms. The molecule has 4 nitrogen and oxygen atoms in total. The SMILES string of the molecule is CCCc1cc(OCCCCOC)c(C(=O)O)s1. The maximum absolute atomic E-state index is 11.1. The van der Waals surface area contributed by atoms with Gasteiger partial charge in [-0.3, -0.25) is 0 Å². The molecule has 1 aromatic rings. The average molecular weight is 272 g/mol. The van der Waals surface area contributed by atoms with Gasteiger partial charge in [0.15, 0.2) is 4.88 Å². The van der Waals surface area contributed by atoms with Crippen molar-refractivity contribution in [3.8, 4) is 5.75 Å². The largest absolute Gasteiger partial charge is 0.492 e. The summed E-state index contributed by atoms with van der Waals surface area (Å²) in [5, 5.41) is 9.10. The van der Waals surface area contributed by atoms with E-state index in [9.17, 15) is 4.79 Å². The monoisotopic (exact) mass is 272 g/mol. The van der Waals surface area contributed by atoms with Gasteiger partial charge in [-0.15, -0.1) is 11.3 Å². The summed E-state index contributed by atoms with van der Waals surface area (Å²) in [4.78, 5) is 12.5. The summed E-state index contributed by atoms with van der Waals surface area (Å²) >= 11 is 1.31. The molecule has 1 N–H and O–H groups in total. The molecule has 1 heterocycles. The van der Waals surface area contributed by atoms with Crippen LogP contribution < -0.4 is 4.74 Å². The van der Waals surface area contributed by atoms with Crippen molar-refractivity contribution < 1.29 is 19.4 Å². The number of carbonyl (C=O) groups is 1. The third kappa shape index (κ3) is 4.66. The van der Waals surface area contributed by atoms with Crippen LogP contribution in [0.2, 0.25) is 0 Å². The van der Waals surface area contributed by atoms with Gasteiger partial charge in [0.2, 0.25) is 0 Å². The van der Waals surface area contributed by atoms with E-state index in [0.29, 0.717) is 23.8 Å². The van der Waals surface area contributed by atoms with Gasteiger partial charge < -0.3 is 14.6 Å². The van der Waals surface area contributed by atoms with Crippen LogP contribution in [0.1, 0.15) is 40.7 Å². The van der Waals surface area contributed by atoms with Crippen LogP contribution in [-0.2, 0) is 11.2 Å². The van der Waals surface area contributed by atoms with Crippen molar-refractivity contribution in [1.29, 1.82) is 0 Å². The number of unbranched alkanes of at least 4 members (excludes halogenated alkanes) is 1. The van der Waals surface area contributed by atoms with Crippen molar-refractivity contribution in [2.45, 2.75) is 32.6 Å². The zero-order valence-corrected chi connectivity index (χ0v) is 11.7. The molecule has 0 atom stereocenters. The zero-order chi connectivity index (χ0) is 13.4. The van der Waals surface area contributed by atoms with E-state index < -0.39 is 5.97 Å². The van der Waals surface area contributed by atoms with Gasteiger partial charge in [0, 0.05) is 18.6 Å². The molecule has 0 saturated heterocycles. The zero-order valence-electron chi connectivity index (χ0n) is 10.9. The van der Waals surface area contributed by atoms with Gasteiger partial charge in [-0.25, -0.2) is 4.79 Å². The summed E-state index contributed by atoms with van der Waals surface area (Å²) in [6.45, 7) is 3.32. The Morgan fingerprint density at radius 3 is 2.72 bits per heavy atom. The van der Waals surface area contributed by atoms with Crippen molar-refractivity contribution in [3.63, 3.8) is 0 Å². The van der Waals surface area contributed by atoms with Crippen LogP contribution in [0.25, 0.3) is 0 Å². The summed E-state index contributed by atoms with van der Waals surface area (Å²) in [6.07, 6.45) is 3.70. The lowest BCUT2D eigenvalue weighted by Crippen LogP contribution is -2.02. The van der Waals surface area contributed by atoms with Gasteiger partial charge in [-0.05, 0) is 25.3 Å². The maximum atomic E-state index is 11.1. The van der Waals surface area contributed by atoms with Crippen molar-refractivity contribution in [1.82, 2.24) is 0 Å². The molecule has 18 heavy (non-hydrogen) atoms. The highest BCUT2D eigenvalue weighted by Gasteiger charge is 2.16. The molecule has 0 fully saturated rings. The lowest BCUT2D eigenvalue weighted by Gasteiger charge is -2.04. The Kier molecular flexibility index (Phi) is 6.75. The smallest absolute Gasteiger partial charge is 0.349 e. The third-order valence-electron chi connectivity index (χ3n) is 2.44. The molecule has 102 valence electrons. The average Bonchev–Trinajstić information content (AvgIpc) is 2.73. The second-order valence-electron chi connectivity index (χ2n) is 4.01.